The lowest BCUT2D eigenvalue weighted by Crippen LogP contribution is -2.53. The number of rotatable bonds is 4. The van der Waals surface area contributed by atoms with Gasteiger partial charge in [0.2, 0.25) is 5.91 Å². The zero-order chi connectivity index (χ0) is 18.3. The lowest BCUT2D eigenvalue weighted by atomic mass is 9.80. The molecular weight excluding hydrogens is 348 g/mol. The van der Waals surface area contributed by atoms with E-state index in [-0.39, 0.29) is 29.4 Å². The molecule has 0 radical (unpaired) electrons. The third-order valence-electron chi connectivity index (χ3n) is 6.30. The van der Waals surface area contributed by atoms with Gasteiger partial charge >= 0.3 is 0 Å². The molecule has 4 rings (SSSR count). The number of amides is 2. The van der Waals surface area contributed by atoms with Crippen molar-refractivity contribution in [2.24, 2.45) is 11.8 Å². The molecule has 1 spiro atoms. The van der Waals surface area contributed by atoms with Gasteiger partial charge in [-0.15, -0.1) is 11.3 Å². The van der Waals surface area contributed by atoms with E-state index in [2.05, 4.69) is 12.2 Å². The number of hydrogen-bond donors (Lipinski definition) is 1. The summed E-state index contributed by atoms with van der Waals surface area (Å²) in [6.45, 7) is 6.35. The van der Waals surface area contributed by atoms with E-state index in [4.69, 9.17) is 4.74 Å². The Morgan fingerprint density at radius 1 is 1.35 bits per heavy atom. The van der Waals surface area contributed by atoms with Crippen LogP contribution >= 0.6 is 11.3 Å². The maximum Gasteiger partial charge on any atom is 0.264 e. The van der Waals surface area contributed by atoms with E-state index in [0.29, 0.717) is 19.0 Å². The van der Waals surface area contributed by atoms with Crippen molar-refractivity contribution in [1.29, 1.82) is 0 Å². The molecule has 2 aliphatic heterocycles. The topological polar surface area (TPSA) is 58.6 Å². The zero-order valence-electron chi connectivity index (χ0n) is 15.6. The summed E-state index contributed by atoms with van der Waals surface area (Å²) in [6, 6.07) is 2.00. The van der Waals surface area contributed by atoms with Crippen molar-refractivity contribution in [3.8, 4) is 0 Å². The molecule has 3 aliphatic rings. The monoisotopic (exact) mass is 376 g/mol. The molecule has 3 fully saturated rings. The minimum atomic E-state index is -0.321. The predicted octanol–water partition coefficient (Wildman–Crippen LogP) is 2.98. The Bertz CT molecular complexity index is 699. The number of carbonyl (C=O) groups is 2. The molecule has 3 heterocycles. The number of carbonyl (C=O) groups excluding carboxylic acids is 2. The first-order valence-corrected chi connectivity index (χ1v) is 10.7. The fraction of sp³-hybridized carbons (Fsp3) is 0.700. The molecule has 0 aromatic carbocycles. The largest absolute Gasteiger partial charge is 0.362 e. The van der Waals surface area contributed by atoms with Crippen LogP contribution in [0.1, 0.15) is 54.3 Å². The number of thiophene rings is 1. The van der Waals surface area contributed by atoms with Crippen LogP contribution in [0.4, 0.5) is 0 Å². The second-order valence-electron chi connectivity index (χ2n) is 8.23. The summed E-state index contributed by atoms with van der Waals surface area (Å²) in [6.07, 6.45) is 4.67. The minimum Gasteiger partial charge on any atom is -0.362 e. The highest BCUT2D eigenvalue weighted by Gasteiger charge is 2.49. The van der Waals surface area contributed by atoms with Gasteiger partial charge in [0.25, 0.3) is 5.91 Å². The lowest BCUT2D eigenvalue weighted by molar-refractivity contribution is -0.146. The molecule has 1 aromatic rings. The van der Waals surface area contributed by atoms with Crippen LogP contribution in [0, 0.1) is 18.8 Å². The summed E-state index contributed by atoms with van der Waals surface area (Å²) in [5, 5.41) is 5.02. The summed E-state index contributed by atoms with van der Waals surface area (Å²) in [4.78, 5) is 28.0. The first kappa shape index (κ1) is 18.0. The molecule has 1 aliphatic carbocycles. The molecule has 1 N–H and O–H groups in total. The lowest BCUT2D eigenvalue weighted by Gasteiger charge is -2.44. The summed E-state index contributed by atoms with van der Waals surface area (Å²) in [5.74, 6) is 1.11. The van der Waals surface area contributed by atoms with Crippen LogP contribution in [0.5, 0.6) is 0 Å². The van der Waals surface area contributed by atoms with E-state index in [9.17, 15) is 9.59 Å². The summed E-state index contributed by atoms with van der Waals surface area (Å²) in [7, 11) is 0. The maximum absolute atomic E-state index is 12.8. The molecule has 3 atom stereocenters. The number of hydrogen-bond acceptors (Lipinski definition) is 4. The van der Waals surface area contributed by atoms with E-state index >= 15 is 0 Å². The number of ether oxygens (including phenoxy) is 1. The van der Waals surface area contributed by atoms with Gasteiger partial charge in [0.15, 0.2) is 0 Å². The van der Waals surface area contributed by atoms with Crippen LogP contribution in [0.2, 0.25) is 0 Å². The van der Waals surface area contributed by atoms with Crippen molar-refractivity contribution in [1.82, 2.24) is 10.2 Å². The third kappa shape index (κ3) is 3.41. The van der Waals surface area contributed by atoms with Crippen LogP contribution in [-0.4, -0.2) is 48.1 Å². The van der Waals surface area contributed by atoms with E-state index < -0.39 is 0 Å². The van der Waals surface area contributed by atoms with Crippen molar-refractivity contribution >= 4 is 23.2 Å². The molecule has 26 heavy (non-hydrogen) atoms. The number of piperidine rings is 1. The van der Waals surface area contributed by atoms with Gasteiger partial charge in [-0.05, 0) is 62.0 Å². The van der Waals surface area contributed by atoms with Gasteiger partial charge in [-0.2, -0.15) is 0 Å². The number of nitrogens with one attached hydrogen (secondary N) is 1. The summed E-state index contributed by atoms with van der Waals surface area (Å²) >= 11 is 1.52. The van der Waals surface area contributed by atoms with Crippen molar-refractivity contribution in [2.45, 2.75) is 57.7 Å². The minimum absolute atomic E-state index is 0.0497. The highest BCUT2D eigenvalue weighted by atomic mass is 32.1. The SMILES string of the molecule is Cc1ccsc1C(=O)N1CC[C@]2(CC[C@H](C(=O)NCC3CC3)O2)[C@@H](C)C1. The maximum atomic E-state index is 12.8. The number of aryl methyl sites for hydroxylation is 1. The highest BCUT2D eigenvalue weighted by Crippen LogP contribution is 2.43. The van der Waals surface area contributed by atoms with Gasteiger partial charge in [0.05, 0.1) is 10.5 Å². The first-order valence-electron chi connectivity index (χ1n) is 9.77. The normalized spacial score (nSPS) is 31.4. The molecule has 0 bridgehead atoms. The smallest absolute Gasteiger partial charge is 0.264 e. The summed E-state index contributed by atoms with van der Waals surface area (Å²) < 4.78 is 6.31. The number of nitrogens with zero attached hydrogens (tertiary/aromatic N) is 1. The Kier molecular flexibility index (Phi) is 4.82. The predicted molar refractivity (Wildman–Crippen MR) is 101 cm³/mol. The molecule has 2 saturated heterocycles. The Balaban J connectivity index is 1.35. The van der Waals surface area contributed by atoms with Crippen molar-refractivity contribution in [2.75, 3.05) is 19.6 Å². The van der Waals surface area contributed by atoms with Crippen molar-refractivity contribution in [3.05, 3.63) is 21.9 Å². The molecular formula is C20H28N2O3S. The average Bonchev–Trinajstić information content (AvgIpc) is 3.21. The molecule has 1 saturated carbocycles. The quantitative estimate of drug-likeness (QED) is 0.879. The molecule has 1 aromatic heterocycles. The Morgan fingerprint density at radius 2 is 2.15 bits per heavy atom. The zero-order valence-corrected chi connectivity index (χ0v) is 16.4. The van der Waals surface area contributed by atoms with Gasteiger partial charge in [0, 0.05) is 25.6 Å². The van der Waals surface area contributed by atoms with Gasteiger partial charge in [-0.3, -0.25) is 9.59 Å². The van der Waals surface area contributed by atoms with E-state index in [1.165, 1.54) is 24.2 Å². The standard InChI is InChI=1S/C20H28N2O3S/c1-13-6-10-26-17(13)19(24)22-9-8-20(14(2)12-22)7-5-16(25-20)18(23)21-11-15-3-4-15/h6,10,14-16H,3-5,7-9,11-12H2,1-2H3,(H,21,23)/t14-,16+,20+/m0/s1. The first-order chi connectivity index (χ1) is 12.5. The van der Waals surface area contributed by atoms with E-state index in [1.807, 2.05) is 23.3 Å². The highest BCUT2D eigenvalue weighted by molar-refractivity contribution is 7.12. The summed E-state index contributed by atoms with van der Waals surface area (Å²) in [5.41, 5.74) is 0.806. The second kappa shape index (κ2) is 6.97. The van der Waals surface area contributed by atoms with Crippen molar-refractivity contribution < 1.29 is 14.3 Å². The van der Waals surface area contributed by atoms with Gasteiger partial charge in [0.1, 0.15) is 6.10 Å². The van der Waals surface area contributed by atoms with E-state index in [1.54, 1.807) is 0 Å². The average molecular weight is 377 g/mol. The van der Waals surface area contributed by atoms with Crippen LogP contribution in [-0.2, 0) is 9.53 Å². The number of likely N-dealkylation sites (tertiary alicyclic amines) is 1. The second-order valence-corrected chi connectivity index (χ2v) is 9.15. The third-order valence-corrected chi connectivity index (χ3v) is 7.31. The fourth-order valence-corrected chi connectivity index (χ4v) is 5.16. The molecule has 2 amide bonds. The Hall–Kier alpha value is -1.40. The molecule has 6 heteroatoms. The van der Waals surface area contributed by atoms with Gasteiger partial charge in [-0.25, -0.2) is 0 Å². The van der Waals surface area contributed by atoms with Crippen LogP contribution in [0.25, 0.3) is 0 Å². The van der Waals surface area contributed by atoms with Crippen LogP contribution < -0.4 is 5.32 Å². The van der Waals surface area contributed by atoms with E-state index in [0.717, 1.165) is 36.2 Å². The van der Waals surface area contributed by atoms with Gasteiger partial charge < -0.3 is 15.0 Å². The molecule has 5 nitrogen and oxygen atoms in total. The van der Waals surface area contributed by atoms with Crippen LogP contribution in [0.3, 0.4) is 0 Å². The fourth-order valence-electron chi connectivity index (χ4n) is 4.27. The van der Waals surface area contributed by atoms with Crippen LogP contribution in [0.15, 0.2) is 11.4 Å². The Labute approximate surface area is 159 Å². The molecule has 142 valence electrons. The molecule has 0 unspecified atom stereocenters. The van der Waals surface area contributed by atoms with Crippen molar-refractivity contribution in [3.63, 3.8) is 0 Å². The van der Waals surface area contributed by atoms with Gasteiger partial charge in [-0.1, -0.05) is 6.92 Å². The Morgan fingerprint density at radius 3 is 2.81 bits per heavy atom.